The highest BCUT2D eigenvalue weighted by Crippen LogP contribution is 2.23. The van der Waals surface area contributed by atoms with E-state index in [-0.39, 0.29) is 12.2 Å². The predicted molar refractivity (Wildman–Crippen MR) is 128 cm³/mol. The average molecular weight is 444 g/mol. The van der Waals surface area contributed by atoms with Gasteiger partial charge in [-0.15, -0.1) is 5.10 Å². The SMILES string of the molecule is [2H]C([2H])(C)N1CCN(c2cc(C(=O)Cc3cc4cc(-c5cn(C)nn5)ccc4cn3)ccn2)CC1. The number of nitrogens with zero attached hydrogens (tertiary/aromatic N) is 7. The standard InChI is InChI=1S/C25H27N7O/c1-3-31-8-10-32(11-9-31)25-14-19(6-7-26-25)24(33)15-22-13-21-12-18(4-5-20(21)16-27-22)23-17-30(2)29-28-23/h4-7,12-14,16-17H,3,8-11,15H2,1-2H3/i3D2. The second kappa shape index (κ2) is 9.07. The van der Waals surface area contributed by atoms with Gasteiger partial charge in [-0.1, -0.05) is 24.3 Å². The lowest BCUT2D eigenvalue weighted by Crippen LogP contribution is -2.46. The molecule has 0 spiro atoms. The molecule has 1 fully saturated rings. The van der Waals surface area contributed by atoms with Crippen LogP contribution in [0.25, 0.3) is 22.0 Å². The van der Waals surface area contributed by atoms with Crippen LogP contribution in [0, 0.1) is 0 Å². The fourth-order valence-corrected chi connectivity index (χ4v) is 4.11. The van der Waals surface area contributed by atoms with Crippen molar-refractivity contribution in [2.75, 3.05) is 37.6 Å². The van der Waals surface area contributed by atoms with Gasteiger partial charge in [-0.05, 0) is 36.1 Å². The molecule has 3 aromatic heterocycles. The Morgan fingerprint density at radius 3 is 2.67 bits per heavy atom. The number of rotatable bonds is 6. The van der Waals surface area contributed by atoms with Gasteiger partial charge in [-0.25, -0.2) is 4.98 Å². The molecule has 0 saturated carbocycles. The van der Waals surface area contributed by atoms with Gasteiger partial charge in [0.2, 0.25) is 0 Å². The van der Waals surface area contributed by atoms with Crippen LogP contribution < -0.4 is 4.90 Å². The molecule has 1 aliphatic heterocycles. The summed E-state index contributed by atoms with van der Waals surface area (Å²) < 4.78 is 17.5. The van der Waals surface area contributed by atoms with Gasteiger partial charge in [0.1, 0.15) is 11.5 Å². The van der Waals surface area contributed by atoms with Crippen LogP contribution >= 0.6 is 0 Å². The molecule has 1 aliphatic rings. The molecule has 5 rings (SSSR count). The average Bonchev–Trinajstić information content (AvgIpc) is 3.29. The van der Waals surface area contributed by atoms with E-state index in [9.17, 15) is 4.79 Å². The predicted octanol–water partition coefficient (Wildman–Crippen LogP) is 2.99. The zero-order valence-electron chi connectivity index (χ0n) is 20.8. The molecule has 4 heterocycles. The molecule has 8 heteroatoms. The molecule has 0 N–H and O–H groups in total. The van der Waals surface area contributed by atoms with E-state index < -0.39 is 6.50 Å². The minimum atomic E-state index is -1.33. The van der Waals surface area contributed by atoms with Gasteiger partial charge < -0.3 is 9.80 Å². The van der Waals surface area contributed by atoms with E-state index in [1.807, 2.05) is 48.5 Å². The maximum absolute atomic E-state index is 13.1. The van der Waals surface area contributed by atoms with E-state index in [1.165, 1.54) is 0 Å². The van der Waals surface area contributed by atoms with E-state index in [1.54, 1.807) is 30.1 Å². The molecule has 0 radical (unpaired) electrons. The number of benzene rings is 1. The Hall–Kier alpha value is -3.65. The summed E-state index contributed by atoms with van der Waals surface area (Å²) in [7, 11) is 1.83. The topological polar surface area (TPSA) is 80.0 Å². The Bertz CT molecular complexity index is 1370. The molecule has 0 atom stereocenters. The fraction of sp³-hybridized carbons (Fsp3) is 0.320. The lowest BCUT2D eigenvalue weighted by atomic mass is 10.0. The summed E-state index contributed by atoms with van der Waals surface area (Å²) in [6.45, 7) is 2.80. The van der Waals surface area contributed by atoms with Crippen molar-refractivity contribution in [1.82, 2.24) is 29.9 Å². The number of likely N-dealkylation sites (N-methyl/N-ethyl adjacent to an activating group) is 1. The summed E-state index contributed by atoms with van der Waals surface area (Å²) in [5.41, 5.74) is 3.06. The summed E-state index contributed by atoms with van der Waals surface area (Å²) >= 11 is 0. The van der Waals surface area contributed by atoms with E-state index in [0.717, 1.165) is 27.8 Å². The largest absolute Gasteiger partial charge is 0.354 e. The van der Waals surface area contributed by atoms with Crippen LogP contribution in [0.1, 0.15) is 25.7 Å². The molecule has 1 aromatic carbocycles. The highest BCUT2D eigenvalue weighted by atomic mass is 16.1. The van der Waals surface area contributed by atoms with Crippen molar-refractivity contribution >= 4 is 22.4 Å². The number of ketones is 1. The number of fused-ring (bicyclic) bond motifs is 1. The minimum absolute atomic E-state index is 0.0193. The molecule has 1 saturated heterocycles. The Labute approximate surface area is 195 Å². The quantitative estimate of drug-likeness (QED) is 0.424. The number of aromatic nitrogens is 5. The second-order valence-corrected chi connectivity index (χ2v) is 8.22. The van der Waals surface area contributed by atoms with Gasteiger partial charge in [0.05, 0.1) is 12.6 Å². The summed E-state index contributed by atoms with van der Waals surface area (Å²) in [6.07, 6.45) is 5.52. The monoisotopic (exact) mass is 443 g/mol. The molecule has 0 aliphatic carbocycles. The van der Waals surface area contributed by atoms with E-state index in [4.69, 9.17) is 2.74 Å². The Kier molecular flexibility index (Phi) is 5.19. The van der Waals surface area contributed by atoms with Crippen LogP contribution in [0.15, 0.2) is 55.0 Å². The normalized spacial score (nSPS) is 16.0. The first-order valence-electron chi connectivity index (χ1n) is 12.0. The lowest BCUT2D eigenvalue weighted by Gasteiger charge is -2.34. The van der Waals surface area contributed by atoms with Crippen LogP contribution in [0.2, 0.25) is 0 Å². The number of hydrogen-bond donors (Lipinski definition) is 0. The van der Waals surface area contributed by atoms with Crippen LogP contribution in [-0.4, -0.2) is 68.3 Å². The van der Waals surface area contributed by atoms with Gasteiger partial charge in [-0.2, -0.15) is 0 Å². The van der Waals surface area contributed by atoms with Crippen molar-refractivity contribution in [1.29, 1.82) is 0 Å². The van der Waals surface area contributed by atoms with Gasteiger partial charge in [0, 0.05) is 70.6 Å². The van der Waals surface area contributed by atoms with E-state index >= 15 is 0 Å². The summed E-state index contributed by atoms with van der Waals surface area (Å²) in [6, 6.07) is 11.5. The number of hydrogen-bond acceptors (Lipinski definition) is 7. The summed E-state index contributed by atoms with van der Waals surface area (Å²) in [5.74, 6) is 0.723. The third kappa shape index (κ3) is 4.61. The molecule has 168 valence electrons. The van der Waals surface area contributed by atoms with Gasteiger partial charge in [0.25, 0.3) is 0 Å². The van der Waals surface area contributed by atoms with Crippen molar-refractivity contribution in [2.24, 2.45) is 7.05 Å². The number of aryl methyl sites for hydroxylation is 1. The first-order chi connectivity index (χ1) is 16.8. The van der Waals surface area contributed by atoms with Crippen LogP contribution in [0.3, 0.4) is 0 Å². The molecular formula is C25H27N7O. The van der Waals surface area contributed by atoms with Crippen molar-refractivity contribution in [3.8, 4) is 11.3 Å². The Morgan fingerprint density at radius 2 is 1.91 bits per heavy atom. The van der Waals surface area contributed by atoms with Gasteiger partial charge in [0.15, 0.2) is 5.78 Å². The molecular weight excluding hydrogens is 414 g/mol. The zero-order chi connectivity index (χ0) is 24.6. The van der Waals surface area contributed by atoms with Crippen molar-refractivity contribution < 1.29 is 7.54 Å². The maximum Gasteiger partial charge on any atom is 0.169 e. The van der Waals surface area contributed by atoms with Gasteiger partial charge in [-0.3, -0.25) is 14.5 Å². The number of carbonyl (C=O) groups is 1. The molecule has 4 aromatic rings. The van der Waals surface area contributed by atoms with Crippen molar-refractivity contribution in [3.63, 3.8) is 0 Å². The lowest BCUT2D eigenvalue weighted by molar-refractivity contribution is 0.0992. The minimum Gasteiger partial charge on any atom is -0.354 e. The van der Waals surface area contributed by atoms with Crippen LogP contribution in [0.4, 0.5) is 5.82 Å². The number of anilines is 1. The third-order valence-electron chi connectivity index (χ3n) is 6.01. The Morgan fingerprint density at radius 1 is 1.06 bits per heavy atom. The van der Waals surface area contributed by atoms with E-state index in [0.29, 0.717) is 37.4 Å². The number of carbonyl (C=O) groups excluding carboxylic acids is 1. The fourth-order valence-electron chi connectivity index (χ4n) is 4.11. The highest BCUT2D eigenvalue weighted by Gasteiger charge is 2.18. The first kappa shape index (κ1) is 18.9. The van der Waals surface area contributed by atoms with Crippen LogP contribution in [0.5, 0.6) is 0 Å². The summed E-state index contributed by atoms with van der Waals surface area (Å²) in [4.78, 5) is 26.0. The second-order valence-electron chi connectivity index (χ2n) is 8.22. The molecule has 0 amide bonds. The third-order valence-corrected chi connectivity index (χ3v) is 6.01. The molecule has 33 heavy (non-hydrogen) atoms. The van der Waals surface area contributed by atoms with E-state index in [2.05, 4.69) is 25.2 Å². The smallest absolute Gasteiger partial charge is 0.169 e. The molecule has 0 unspecified atom stereocenters. The molecule has 8 nitrogen and oxygen atoms in total. The number of Topliss-reactive ketones (excluding diaryl/α,β-unsaturated/α-hetero) is 1. The molecule has 0 bridgehead atoms. The van der Waals surface area contributed by atoms with Crippen LogP contribution in [-0.2, 0) is 13.5 Å². The van der Waals surface area contributed by atoms with Crippen molar-refractivity contribution in [2.45, 2.75) is 13.3 Å². The highest BCUT2D eigenvalue weighted by molar-refractivity contribution is 5.98. The maximum atomic E-state index is 13.1. The number of pyridine rings is 2. The van der Waals surface area contributed by atoms with Crippen molar-refractivity contribution in [3.05, 3.63) is 66.2 Å². The summed E-state index contributed by atoms with van der Waals surface area (Å²) in [5, 5.41) is 10.2. The number of piperazine rings is 1. The zero-order valence-corrected chi connectivity index (χ0v) is 18.8. The Balaban J connectivity index is 1.31. The first-order valence-corrected chi connectivity index (χ1v) is 11.0. The van der Waals surface area contributed by atoms with Gasteiger partial charge >= 0.3 is 0 Å².